The fourth-order valence-electron chi connectivity index (χ4n) is 7.40. The van der Waals surface area contributed by atoms with E-state index in [1.807, 2.05) is 13.1 Å². The van der Waals surface area contributed by atoms with Gasteiger partial charge in [-0.15, -0.1) is 0 Å². The number of carbonyl (C=O) groups is 2. The topological polar surface area (TPSA) is 114 Å². The van der Waals surface area contributed by atoms with E-state index in [1.165, 1.54) is 11.8 Å². The van der Waals surface area contributed by atoms with Gasteiger partial charge in [-0.3, -0.25) is 14.4 Å². The van der Waals surface area contributed by atoms with E-state index in [2.05, 4.69) is 9.88 Å². The van der Waals surface area contributed by atoms with E-state index < -0.39 is 28.5 Å². The van der Waals surface area contributed by atoms with Crippen molar-refractivity contribution in [1.82, 2.24) is 14.8 Å². The van der Waals surface area contributed by atoms with Gasteiger partial charge in [-0.05, 0) is 81.1 Å². The summed E-state index contributed by atoms with van der Waals surface area (Å²) in [4.78, 5) is 45.2. The van der Waals surface area contributed by atoms with Crippen molar-refractivity contribution in [2.45, 2.75) is 68.5 Å². The maximum atomic E-state index is 13.3. The number of phenols is 1. The van der Waals surface area contributed by atoms with E-state index in [4.69, 9.17) is 0 Å². The third-order valence-corrected chi connectivity index (χ3v) is 9.19. The maximum absolute atomic E-state index is 13.3. The largest absolute Gasteiger partial charge is 0.508 e. The van der Waals surface area contributed by atoms with Gasteiger partial charge in [0.05, 0.1) is 11.6 Å². The number of aliphatic hydroxyl groups is 1. The predicted octanol–water partition coefficient (Wildman–Crippen LogP) is 1.30. The van der Waals surface area contributed by atoms with Crippen LogP contribution < -0.4 is 5.56 Å². The maximum Gasteiger partial charge on any atom is 0.261 e. The molecule has 3 N–H and O–H groups in total. The monoisotopic (exact) mass is 477 g/mol. The van der Waals surface area contributed by atoms with Crippen molar-refractivity contribution in [3.63, 3.8) is 0 Å². The second-order valence-corrected chi connectivity index (χ2v) is 10.9. The number of aromatic nitrogens is 1. The molecular weight excluding hydrogens is 446 g/mol. The molecule has 6 rings (SSSR count). The van der Waals surface area contributed by atoms with Crippen LogP contribution in [0, 0.1) is 0 Å². The number of fused-ring (bicyclic) bond motifs is 2. The number of aromatic hydroxyl groups is 1. The number of hydrogen-bond donors (Lipinski definition) is 3. The molecule has 8 nitrogen and oxygen atoms in total. The number of rotatable bonds is 2. The van der Waals surface area contributed by atoms with Crippen molar-refractivity contribution in [3.05, 3.63) is 62.6 Å². The summed E-state index contributed by atoms with van der Waals surface area (Å²) >= 11 is 0. The molecule has 2 saturated heterocycles. The highest BCUT2D eigenvalue weighted by atomic mass is 16.3. The molecule has 35 heavy (non-hydrogen) atoms. The Bertz CT molecular complexity index is 1320. The number of hydrogen-bond acceptors (Lipinski definition) is 6. The second kappa shape index (κ2) is 7.51. The van der Waals surface area contributed by atoms with E-state index in [9.17, 15) is 24.6 Å². The van der Waals surface area contributed by atoms with Crippen LogP contribution in [0.1, 0.15) is 58.9 Å². The van der Waals surface area contributed by atoms with Gasteiger partial charge in [-0.1, -0.05) is 6.07 Å². The minimum Gasteiger partial charge on any atom is -0.508 e. The van der Waals surface area contributed by atoms with Crippen molar-refractivity contribution >= 4 is 11.7 Å². The van der Waals surface area contributed by atoms with Crippen molar-refractivity contribution < 1.29 is 19.8 Å². The number of pyridine rings is 1. The fourth-order valence-corrected chi connectivity index (χ4v) is 7.40. The summed E-state index contributed by atoms with van der Waals surface area (Å²) < 4.78 is 0. The van der Waals surface area contributed by atoms with E-state index in [-0.39, 0.29) is 23.1 Å². The lowest BCUT2D eigenvalue weighted by molar-refractivity contribution is -0.145. The molecule has 0 spiro atoms. The first-order valence-electron chi connectivity index (χ1n) is 12.5. The molecule has 0 unspecified atom stereocenters. The third-order valence-electron chi connectivity index (χ3n) is 9.19. The summed E-state index contributed by atoms with van der Waals surface area (Å²) in [6, 6.07) is 6.45. The number of phenolic OH excluding ortho intramolecular Hbond substituents is 1. The lowest BCUT2D eigenvalue weighted by Gasteiger charge is -2.63. The Morgan fingerprint density at radius 2 is 1.94 bits per heavy atom. The summed E-state index contributed by atoms with van der Waals surface area (Å²) in [5.41, 5.74) is 1.41. The smallest absolute Gasteiger partial charge is 0.261 e. The molecule has 4 aliphatic rings. The van der Waals surface area contributed by atoms with E-state index in [1.54, 1.807) is 18.2 Å². The van der Waals surface area contributed by atoms with E-state index >= 15 is 0 Å². The number of H-pyrrole nitrogens is 1. The Kier molecular flexibility index (Phi) is 4.83. The van der Waals surface area contributed by atoms with Gasteiger partial charge in [0, 0.05) is 36.5 Å². The Morgan fingerprint density at radius 3 is 2.71 bits per heavy atom. The Balaban J connectivity index is 1.46. The predicted molar refractivity (Wildman–Crippen MR) is 129 cm³/mol. The first kappa shape index (κ1) is 22.5. The number of carbonyl (C=O) groups excluding carboxylic acids is 2. The van der Waals surface area contributed by atoms with Crippen molar-refractivity contribution in [2.24, 2.45) is 0 Å². The highest BCUT2D eigenvalue weighted by Crippen LogP contribution is 2.56. The van der Waals surface area contributed by atoms with Gasteiger partial charge < -0.3 is 25.0 Å². The number of benzene rings is 1. The minimum atomic E-state index is -1.11. The SMILES string of the molecule is CC(=O)[C@@H]1CCCN1C(=O)c1cc2c([nH]c1=O)C[C@]13CCN(C)[C@H](Cc4ccc(O)cc41)[C@]3(O)C2. The Morgan fingerprint density at radius 1 is 1.14 bits per heavy atom. The first-order chi connectivity index (χ1) is 16.6. The van der Waals surface area contributed by atoms with Crippen LogP contribution in [0.5, 0.6) is 5.75 Å². The molecule has 1 aromatic carbocycles. The average Bonchev–Trinajstić information content (AvgIpc) is 3.30. The molecule has 1 amide bonds. The van der Waals surface area contributed by atoms with Crippen LogP contribution in [-0.2, 0) is 29.5 Å². The molecule has 0 radical (unpaired) electrons. The number of nitrogens with one attached hydrogen (secondary N) is 1. The molecule has 4 atom stereocenters. The van der Waals surface area contributed by atoms with Gasteiger partial charge in [0.1, 0.15) is 11.3 Å². The number of likely N-dealkylation sites (N-methyl/N-ethyl adjacent to an activating group) is 1. The van der Waals surface area contributed by atoms with Crippen LogP contribution in [0.25, 0.3) is 0 Å². The normalized spacial score (nSPS) is 31.5. The average molecular weight is 478 g/mol. The van der Waals surface area contributed by atoms with Crippen LogP contribution in [0.15, 0.2) is 29.1 Å². The standard InChI is InChI=1S/C27H31N3O5/c1-15(31)22-4-3-8-30(22)25(34)19-10-17-13-27(35)23-11-16-5-6-18(32)12-20(16)26(27,7-9-29(23)2)14-21(17)28-24(19)33/h5-6,10,12,22-23,32,35H,3-4,7-9,11,13-14H2,1-2H3,(H,28,33)/t22-,23+,26+,27+/m0/s1. The van der Waals surface area contributed by atoms with E-state index in [0.717, 1.165) is 35.3 Å². The van der Waals surface area contributed by atoms with Gasteiger partial charge in [-0.2, -0.15) is 0 Å². The second-order valence-electron chi connectivity index (χ2n) is 10.9. The van der Waals surface area contributed by atoms with Crippen LogP contribution >= 0.6 is 0 Å². The summed E-state index contributed by atoms with van der Waals surface area (Å²) in [5.74, 6) is -0.319. The number of nitrogens with zero attached hydrogens (tertiary/aromatic N) is 2. The molecule has 0 saturated carbocycles. The van der Waals surface area contributed by atoms with Crippen LogP contribution in [-0.4, -0.2) is 74.5 Å². The molecule has 2 bridgehead atoms. The van der Waals surface area contributed by atoms with Gasteiger partial charge in [0.15, 0.2) is 5.78 Å². The minimum absolute atomic E-state index is 0.0313. The van der Waals surface area contributed by atoms with Crippen molar-refractivity contribution in [3.8, 4) is 5.75 Å². The molecule has 2 aliphatic carbocycles. The van der Waals surface area contributed by atoms with Gasteiger partial charge in [-0.25, -0.2) is 0 Å². The first-order valence-corrected chi connectivity index (χ1v) is 12.5. The molecule has 184 valence electrons. The zero-order valence-corrected chi connectivity index (χ0v) is 20.1. The molecule has 3 heterocycles. The van der Waals surface area contributed by atoms with Crippen LogP contribution in [0.3, 0.4) is 0 Å². The lowest BCUT2D eigenvalue weighted by atomic mass is 9.49. The van der Waals surface area contributed by atoms with Crippen molar-refractivity contribution in [1.29, 1.82) is 0 Å². The van der Waals surface area contributed by atoms with E-state index in [0.29, 0.717) is 38.6 Å². The number of ketones is 1. The Hall–Kier alpha value is -2.97. The number of amides is 1. The lowest BCUT2D eigenvalue weighted by Crippen LogP contribution is -2.73. The number of likely N-dealkylation sites (tertiary alicyclic amines) is 2. The molecule has 8 heteroatoms. The van der Waals surface area contributed by atoms with Gasteiger partial charge >= 0.3 is 0 Å². The number of Topliss-reactive ketones (excluding diaryl/α,β-unsaturated/α-hetero) is 1. The quantitative estimate of drug-likeness (QED) is 0.601. The van der Waals surface area contributed by atoms with Gasteiger partial charge in [0.2, 0.25) is 0 Å². The summed E-state index contributed by atoms with van der Waals surface area (Å²) in [6.45, 7) is 2.75. The van der Waals surface area contributed by atoms with Crippen molar-refractivity contribution in [2.75, 3.05) is 20.1 Å². The fraction of sp³-hybridized carbons (Fsp3) is 0.519. The number of piperidine rings is 1. The summed E-state index contributed by atoms with van der Waals surface area (Å²) in [5, 5.41) is 22.7. The Labute approximate surface area is 203 Å². The summed E-state index contributed by atoms with van der Waals surface area (Å²) in [7, 11) is 2.03. The van der Waals surface area contributed by atoms with Gasteiger partial charge in [0.25, 0.3) is 11.5 Å². The molecular formula is C27H31N3O5. The molecule has 2 aromatic rings. The molecule has 2 fully saturated rings. The highest BCUT2D eigenvalue weighted by molar-refractivity contribution is 5.97. The zero-order chi connectivity index (χ0) is 24.7. The third kappa shape index (κ3) is 3.02. The number of aromatic amines is 1. The summed E-state index contributed by atoms with van der Waals surface area (Å²) in [6.07, 6.45) is 3.46. The van der Waals surface area contributed by atoms with Crippen LogP contribution in [0.2, 0.25) is 0 Å². The van der Waals surface area contributed by atoms with Crippen LogP contribution in [0.4, 0.5) is 0 Å². The molecule has 2 aliphatic heterocycles. The zero-order valence-electron chi connectivity index (χ0n) is 20.1. The molecule has 1 aromatic heterocycles. The highest BCUT2D eigenvalue weighted by Gasteiger charge is 2.64.